The predicted octanol–water partition coefficient (Wildman–Crippen LogP) is 4.01. The average molecular weight is 236 g/mol. The minimum atomic E-state index is -0.688. The van der Waals surface area contributed by atoms with Crippen molar-refractivity contribution in [1.29, 1.82) is 0 Å². The highest BCUT2D eigenvalue weighted by molar-refractivity contribution is 5.89. The van der Waals surface area contributed by atoms with Gasteiger partial charge in [-0.2, -0.15) is 0 Å². The molecule has 0 bridgehead atoms. The summed E-state index contributed by atoms with van der Waals surface area (Å²) >= 11 is 0. The van der Waals surface area contributed by atoms with Gasteiger partial charge in [0.25, 0.3) is 0 Å². The van der Waals surface area contributed by atoms with Crippen LogP contribution in [0.4, 0.5) is 0 Å². The van der Waals surface area contributed by atoms with Crippen molar-refractivity contribution in [3.63, 3.8) is 0 Å². The topological polar surface area (TPSA) is 37.3 Å². The van der Waals surface area contributed by atoms with Crippen LogP contribution in [0.3, 0.4) is 0 Å². The molecule has 0 aromatic rings. The molecule has 2 nitrogen and oxygen atoms in total. The molecule has 1 fully saturated rings. The molecule has 96 valence electrons. The van der Waals surface area contributed by atoms with Gasteiger partial charge in [-0.15, -0.1) is 0 Å². The zero-order valence-electron chi connectivity index (χ0n) is 11.5. The molecule has 17 heavy (non-hydrogen) atoms. The van der Waals surface area contributed by atoms with E-state index in [4.69, 9.17) is 0 Å². The van der Waals surface area contributed by atoms with Gasteiger partial charge in [0.15, 0.2) is 0 Å². The van der Waals surface area contributed by atoms with Crippen molar-refractivity contribution >= 4 is 5.97 Å². The minimum absolute atomic E-state index is 0.101. The van der Waals surface area contributed by atoms with Gasteiger partial charge in [-0.05, 0) is 43.9 Å². The van der Waals surface area contributed by atoms with Crippen LogP contribution in [0.15, 0.2) is 11.1 Å². The lowest BCUT2D eigenvalue weighted by molar-refractivity contribution is -0.136. The zero-order chi connectivity index (χ0) is 12.8. The van der Waals surface area contributed by atoms with Gasteiger partial charge >= 0.3 is 5.97 Å². The lowest BCUT2D eigenvalue weighted by Gasteiger charge is -2.54. The molecule has 2 atom stereocenters. The molecule has 0 aromatic carbocycles. The normalized spacial score (nSPS) is 36.6. The van der Waals surface area contributed by atoms with Crippen LogP contribution in [-0.2, 0) is 4.79 Å². The first-order valence-electron chi connectivity index (χ1n) is 6.72. The Morgan fingerprint density at radius 1 is 1.29 bits per heavy atom. The first-order valence-corrected chi connectivity index (χ1v) is 6.72. The molecule has 0 amide bonds. The van der Waals surface area contributed by atoms with E-state index in [-0.39, 0.29) is 10.8 Å². The maximum atomic E-state index is 11.6. The van der Waals surface area contributed by atoms with Crippen molar-refractivity contribution in [2.75, 3.05) is 0 Å². The highest BCUT2D eigenvalue weighted by atomic mass is 16.4. The Morgan fingerprint density at radius 2 is 1.94 bits per heavy atom. The predicted molar refractivity (Wildman–Crippen MR) is 68.8 cm³/mol. The molecule has 0 aliphatic heterocycles. The summed E-state index contributed by atoms with van der Waals surface area (Å²) < 4.78 is 0. The Labute approximate surface area is 104 Å². The SMILES string of the molecule is CC1=C(C(=O)O)[C@@]2(C)CCCC(C)(C)C2CC1. The van der Waals surface area contributed by atoms with Crippen molar-refractivity contribution in [1.82, 2.24) is 0 Å². The molecule has 0 heterocycles. The van der Waals surface area contributed by atoms with E-state index in [9.17, 15) is 9.90 Å². The second-order valence-electron chi connectivity index (χ2n) is 6.81. The number of aliphatic carboxylic acids is 1. The van der Waals surface area contributed by atoms with E-state index >= 15 is 0 Å². The third-order valence-corrected chi connectivity index (χ3v) is 5.25. The van der Waals surface area contributed by atoms with Gasteiger partial charge < -0.3 is 5.11 Å². The van der Waals surface area contributed by atoms with Gasteiger partial charge in [-0.1, -0.05) is 32.8 Å². The molecule has 2 rings (SSSR count). The molecule has 2 aliphatic carbocycles. The number of fused-ring (bicyclic) bond motifs is 1. The van der Waals surface area contributed by atoms with Gasteiger partial charge in [-0.3, -0.25) is 0 Å². The fourth-order valence-corrected chi connectivity index (χ4v) is 4.53. The van der Waals surface area contributed by atoms with E-state index < -0.39 is 5.97 Å². The molecule has 1 unspecified atom stereocenters. The van der Waals surface area contributed by atoms with Crippen LogP contribution in [0.25, 0.3) is 0 Å². The Morgan fingerprint density at radius 3 is 2.53 bits per heavy atom. The molecule has 0 saturated heterocycles. The lowest BCUT2D eigenvalue weighted by Crippen LogP contribution is -2.47. The standard InChI is InChI=1S/C15H24O2/c1-10-6-7-11-14(2,3)8-5-9-15(11,4)12(10)13(16)17/h11H,5-9H2,1-4H3,(H,16,17)/t11?,15-/m0/s1. The van der Waals surface area contributed by atoms with Crippen LogP contribution in [0.5, 0.6) is 0 Å². The average Bonchev–Trinajstić information content (AvgIpc) is 2.14. The van der Waals surface area contributed by atoms with Gasteiger partial charge in [-0.25, -0.2) is 4.79 Å². The quantitative estimate of drug-likeness (QED) is 0.746. The zero-order valence-corrected chi connectivity index (χ0v) is 11.5. The second kappa shape index (κ2) is 3.86. The maximum Gasteiger partial charge on any atom is 0.332 e. The molecule has 1 saturated carbocycles. The summed E-state index contributed by atoms with van der Waals surface area (Å²) in [5.41, 5.74) is 2.01. The first-order chi connectivity index (χ1) is 7.79. The van der Waals surface area contributed by atoms with Crippen LogP contribution in [0, 0.1) is 16.7 Å². The molecule has 0 radical (unpaired) electrons. The summed E-state index contributed by atoms with van der Waals surface area (Å²) in [6.45, 7) is 8.82. The van der Waals surface area contributed by atoms with Crippen molar-refractivity contribution in [3.05, 3.63) is 11.1 Å². The van der Waals surface area contributed by atoms with Gasteiger partial charge in [0.1, 0.15) is 0 Å². The molecule has 2 heteroatoms. The summed E-state index contributed by atoms with van der Waals surface area (Å²) in [5.74, 6) is -0.161. The number of rotatable bonds is 1. The number of carboxylic acid groups (broad SMARTS) is 1. The summed E-state index contributed by atoms with van der Waals surface area (Å²) in [7, 11) is 0. The van der Waals surface area contributed by atoms with E-state index in [1.54, 1.807) is 0 Å². The van der Waals surface area contributed by atoms with Crippen LogP contribution in [0.1, 0.15) is 59.8 Å². The van der Waals surface area contributed by atoms with Gasteiger partial charge in [0.05, 0.1) is 0 Å². The van der Waals surface area contributed by atoms with Gasteiger partial charge in [0, 0.05) is 11.0 Å². The summed E-state index contributed by atoms with van der Waals surface area (Å²) in [4.78, 5) is 11.6. The monoisotopic (exact) mass is 236 g/mol. The van der Waals surface area contributed by atoms with Crippen LogP contribution in [-0.4, -0.2) is 11.1 Å². The highest BCUT2D eigenvalue weighted by Gasteiger charge is 2.51. The van der Waals surface area contributed by atoms with Crippen LogP contribution in [0.2, 0.25) is 0 Å². The number of hydrogen-bond donors (Lipinski definition) is 1. The molecule has 2 aliphatic rings. The van der Waals surface area contributed by atoms with Crippen LogP contribution >= 0.6 is 0 Å². The Hall–Kier alpha value is -0.790. The van der Waals surface area contributed by atoms with Crippen LogP contribution < -0.4 is 0 Å². The fourth-order valence-electron chi connectivity index (χ4n) is 4.53. The van der Waals surface area contributed by atoms with Crippen molar-refractivity contribution < 1.29 is 9.90 Å². The first kappa shape index (κ1) is 12.7. The maximum absolute atomic E-state index is 11.6. The molecule has 0 spiro atoms. The smallest absolute Gasteiger partial charge is 0.332 e. The molecular formula is C15H24O2. The van der Waals surface area contributed by atoms with E-state index in [1.165, 1.54) is 6.42 Å². The summed E-state index contributed by atoms with van der Waals surface area (Å²) in [6.07, 6.45) is 5.56. The Bertz CT molecular complexity index is 378. The van der Waals surface area contributed by atoms with E-state index in [0.29, 0.717) is 5.92 Å². The molecular weight excluding hydrogens is 212 g/mol. The number of carboxylic acids is 1. The van der Waals surface area contributed by atoms with E-state index in [2.05, 4.69) is 20.8 Å². The van der Waals surface area contributed by atoms with Gasteiger partial charge in [0.2, 0.25) is 0 Å². The second-order valence-corrected chi connectivity index (χ2v) is 6.81. The van der Waals surface area contributed by atoms with E-state index in [0.717, 1.165) is 36.8 Å². The third-order valence-electron chi connectivity index (χ3n) is 5.25. The number of allylic oxidation sites excluding steroid dienone is 1. The summed E-state index contributed by atoms with van der Waals surface area (Å²) in [6, 6.07) is 0. The molecule has 0 aromatic heterocycles. The Balaban J connectivity index is 2.50. The Kier molecular flexibility index (Phi) is 2.87. The largest absolute Gasteiger partial charge is 0.478 e. The van der Waals surface area contributed by atoms with Crippen molar-refractivity contribution in [2.45, 2.75) is 59.8 Å². The number of carbonyl (C=O) groups is 1. The summed E-state index contributed by atoms with van der Waals surface area (Å²) in [5, 5.41) is 9.53. The lowest BCUT2D eigenvalue weighted by atomic mass is 9.50. The fraction of sp³-hybridized carbons (Fsp3) is 0.800. The number of hydrogen-bond acceptors (Lipinski definition) is 1. The highest BCUT2D eigenvalue weighted by Crippen LogP contribution is 2.59. The minimum Gasteiger partial charge on any atom is -0.478 e. The van der Waals surface area contributed by atoms with E-state index in [1.807, 2.05) is 6.92 Å². The van der Waals surface area contributed by atoms with Crippen molar-refractivity contribution in [2.24, 2.45) is 16.7 Å². The third kappa shape index (κ3) is 1.82. The molecule has 1 N–H and O–H groups in total. The van der Waals surface area contributed by atoms with Crippen molar-refractivity contribution in [3.8, 4) is 0 Å².